The van der Waals surface area contributed by atoms with Crippen LogP contribution < -0.4 is 10.6 Å². The Labute approximate surface area is 111 Å². The lowest BCUT2D eigenvalue weighted by molar-refractivity contribution is 0.625. The van der Waals surface area contributed by atoms with Gasteiger partial charge in [-0.2, -0.15) is 0 Å². The highest BCUT2D eigenvalue weighted by molar-refractivity contribution is 7.09. The van der Waals surface area contributed by atoms with Crippen LogP contribution in [0.25, 0.3) is 0 Å². The molecule has 1 aromatic heterocycles. The van der Waals surface area contributed by atoms with E-state index in [4.69, 9.17) is 5.73 Å². The van der Waals surface area contributed by atoms with Gasteiger partial charge < -0.3 is 10.6 Å². The van der Waals surface area contributed by atoms with Crippen LogP contribution in [0.15, 0.2) is 35.7 Å². The highest BCUT2D eigenvalue weighted by Crippen LogP contribution is 2.23. The van der Waals surface area contributed by atoms with Crippen LogP contribution >= 0.6 is 11.3 Å². The molecule has 18 heavy (non-hydrogen) atoms. The molecule has 2 nitrogen and oxygen atoms in total. The Morgan fingerprint density at radius 3 is 2.83 bits per heavy atom. The third kappa shape index (κ3) is 3.09. The highest BCUT2D eigenvalue weighted by Gasteiger charge is 2.09. The predicted molar refractivity (Wildman–Crippen MR) is 75.6 cm³/mol. The Hall–Kier alpha value is -1.39. The van der Waals surface area contributed by atoms with E-state index in [1.54, 1.807) is 17.4 Å². The molecule has 0 aliphatic rings. The molecule has 0 bridgehead atoms. The lowest BCUT2D eigenvalue weighted by Gasteiger charge is -2.22. The number of rotatable bonds is 5. The van der Waals surface area contributed by atoms with Gasteiger partial charge in [-0.15, -0.1) is 11.3 Å². The summed E-state index contributed by atoms with van der Waals surface area (Å²) in [5.74, 6) is -0.202. The molecule has 0 radical (unpaired) electrons. The van der Waals surface area contributed by atoms with E-state index in [0.717, 1.165) is 17.8 Å². The van der Waals surface area contributed by atoms with Crippen molar-refractivity contribution in [3.63, 3.8) is 0 Å². The third-order valence-electron chi connectivity index (χ3n) is 2.84. The average Bonchev–Trinajstić information content (AvgIpc) is 2.82. The van der Waals surface area contributed by atoms with Crippen LogP contribution in [0.4, 0.5) is 10.1 Å². The van der Waals surface area contributed by atoms with Crippen LogP contribution in [0.3, 0.4) is 0 Å². The fraction of sp³-hybridized carbons (Fsp3) is 0.286. The van der Waals surface area contributed by atoms with Crippen molar-refractivity contribution in [1.29, 1.82) is 0 Å². The molecule has 0 spiro atoms. The first kappa shape index (κ1) is 13.1. The lowest BCUT2D eigenvalue weighted by Crippen LogP contribution is -2.18. The Kier molecular flexibility index (Phi) is 4.33. The summed E-state index contributed by atoms with van der Waals surface area (Å²) in [6.45, 7) is 1.37. The Morgan fingerprint density at radius 2 is 2.17 bits per heavy atom. The number of hydrogen-bond acceptors (Lipinski definition) is 3. The van der Waals surface area contributed by atoms with E-state index in [1.165, 1.54) is 10.9 Å². The van der Waals surface area contributed by atoms with Crippen LogP contribution in [-0.4, -0.2) is 13.6 Å². The molecule has 1 heterocycles. The zero-order valence-electron chi connectivity index (χ0n) is 10.4. The summed E-state index contributed by atoms with van der Waals surface area (Å²) in [6.07, 6.45) is 0.696. The molecule has 0 saturated heterocycles. The Morgan fingerprint density at radius 1 is 1.33 bits per heavy atom. The molecule has 1 aromatic carbocycles. The molecule has 0 fully saturated rings. The van der Waals surface area contributed by atoms with Gasteiger partial charge in [0.25, 0.3) is 0 Å². The maximum Gasteiger partial charge on any atom is 0.123 e. The van der Waals surface area contributed by atoms with Gasteiger partial charge in [0.2, 0.25) is 0 Å². The van der Waals surface area contributed by atoms with Gasteiger partial charge in [-0.05, 0) is 48.2 Å². The van der Waals surface area contributed by atoms with Crippen molar-refractivity contribution in [2.75, 3.05) is 18.5 Å². The van der Waals surface area contributed by atoms with E-state index in [2.05, 4.69) is 16.3 Å². The van der Waals surface area contributed by atoms with Crippen molar-refractivity contribution in [3.05, 3.63) is 52.0 Å². The van der Waals surface area contributed by atoms with Crippen molar-refractivity contribution >= 4 is 17.0 Å². The van der Waals surface area contributed by atoms with Crippen molar-refractivity contribution in [2.24, 2.45) is 5.73 Å². The van der Waals surface area contributed by atoms with Gasteiger partial charge in [0.15, 0.2) is 0 Å². The summed E-state index contributed by atoms with van der Waals surface area (Å²) in [5, 5.41) is 2.06. The van der Waals surface area contributed by atoms with E-state index in [-0.39, 0.29) is 5.82 Å². The minimum atomic E-state index is -0.202. The first-order chi connectivity index (χ1) is 8.70. The molecule has 0 unspecified atom stereocenters. The first-order valence-electron chi connectivity index (χ1n) is 5.92. The molecule has 4 heteroatoms. The Balaban J connectivity index is 2.20. The van der Waals surface area contributed by atoms with E-state index in [1.807, 2.05) is 19.2 Å². The van der Waals surface area contributed by atoms with Crippen LogP contribution in [0.2, 0.25) is 0 Å². The molecular weight excluding hydrogens is 247 g/mol. The number of nitrogens with two attached hydrogens (primary N) is 1. The smallest absolute Gasteiger partial charge is 0.123 e. The third-order valence-corrected chi connectivity index (χ3v) is 3.70. The number of hydrogen-bond donors (Lipinski definition) is 1. The van der Waals surface area contributed by atoms with Gasteiger partial charge in [0.1, 0.15) is 5.82 Å². The molecule has 0 aliphatic heterocycles. The molecular formula is C14H17FN2S. The predicted octanol–water partition coefficient (Wildman–Crippen LogP) is 3.02. The van der Waals surface area contributed by atoms with Crippen molar-refractivity contribution < 1.29 is 4.39 Å². The fourth-order valence-corrected chi connectivity index (χ4v) is 2.76. The molecule has 2 aromatic rings. The van der Waals surface area contributed by atoms with Crippen molar-refractivity contribution in [2.45, 2.75) is 13.0 Å². The lowest BCUT2D eigenvalue weighted by atomic mass is 10.1. The molecule has 2 rings (SSSR count). The fourth-order valence-electron chi connectivity index (χ4n) is 2.00. The number of benzene rings is 1. The van der Waals surface area contributed by atoms with Gasteiger partial charge in [-0.25, -0.2) is 4.39 Å². The normalized spacial score (nSPS) is 10.6. The van der Waals surface area contributed by atoms with Gasteiger partial charge in [0, 0.05) is 17.6 Å². The minimum Gasteiger partial charge on any atom is -0.369 e. The van der Waals surface area contributed by atoms with E-state index >= 15 is 0 Å². The summed E-state index contributed by atoms with van der Waals surface area (Å²) in [4.78, 5) is 3.43. The van der Waals surface area contributed by atoms with Crippen molar-refractivity contribution in [1.82, 2.24) is 0 Å². The zero-order chi connectivity index (χ0) is 13.0. The minimum absolute atomic E-state index is 0.202. The second kappa shape index (κ2) is 5.98. The van der Waals surface area contributed by atoms with E-state index in [9.17, 15) is 4.39 Å². The monoisotopic (exact) mass is 264 g/mol. The molecule has 96 valence electrons. The Bertz CT molecular complexity index is 497. The van der Waals surface area contributed by atoms with Crippen LogP contribution in [0, 0.1) is 5.82 Å². The number of nitrogens with zero attached hydrogens (tertiary/aromatic N) is 1. The molecule has 0 amide bonds. The molecule has 0 aliphatic carbocycles. The molecule has 2 N–H and O–H groups in total. The standard InChI is InChI=1S/C14H17FN2S/c1-17(10-13-3-2-8-18-13)14-5-4-12(15)9-11(14)6-7-16/h2-5,8-9H,6-7,10,16H2,1H3. The SMILES string of the molecule is CN(Cc1cccs1)c1ccc(F)cc1CCN. The highest BCUT2D eigenvalue weighted by atomic mass is 32.1. The number of thiophene rings is 1. The van der Waals surface area contributed by atoms with E-state index in [0.29, 0.717) is 13.0 Å². The largest absolute Gasteiger partial charge is 0.369 e. The summed E-state index contributed by atoms with van der Waals surface area (Å²) in [6, 6.07) is 9.05. The number of halogens is 1. The van der Waals surface area contributed by atoms with Crippen LogP contribution in [0.5, 0.6) is 0 Å². The molecule has 0 saturated carbocycles. The van der Waals surface area contributed by atoms with E-state index < -0.39 is 0 Å². The number of anilines is 1. The van der Waals surface area contributed by atoms with Crippen molar-refractivity contribution in [3.8, 4) is 0 Å². The van der Waals surface area contributed by atoms with Gasteiger partial charge in [0.05, 0.1) is 6.54 Å². The molecule has 0 atom stereocenters. The van der Waals surface area contributed by atoms with Gasteiger partial charge in [-0.3, -0.25) is 0 Å². The van der Waals surface area contributed by atoms with Gasteiger partial charge >= 0.3 is 0 Å². The summed E-state index contributed by atoms with van der Waals surface area (Å²) in [5.41, 5.74) is 7.60. The summed E-state index contributed by atoms with van der Waals surface area (Å²) >= 11 is 1.73. The zero-order valence-corrected chi connectivity index (χ0v) is 11.2. The second-order valence-electron chi connectivity index (χ2n) is 4.25. The quantitative estimate of drug-likeness (QED) is 0.899. The van der Waals surface area contributed by atoms with Crippen LogP contribution in [0.1, 0.15) is 10.4 Å². The summed E-state index contributed by atoms with van der Waals surface area (Å²) < 4.78 is 13.3. The van der Waals surface area contributed by atoms with Gasteiger partial charge in [-0.1, -0.05) is 6.07 Å². The maximum absolute atomic E-state index is 13.3. The second-order valence-corrected chi connectivity index (χ2v) is 5.28. The first-order valence-corrected chi connectivity index (χ1v) is 6.80. The average molecular weight is 264 g/mol. The van der Waals surface area contributed by atoms with Crippen LogP contribution in [-0.2, 0) is 13.0 Å². The maximum atomic E-state index is 13.3. The topological polar surface area (TPSA) is 29.3 Å². The summed E-state index contributed by atoms with van der Waals surface area (Å²) in [7, 11) is 2.02.